The summed E-state index contributed by atoms with van der Waals surface area (Å²) in [4.78, 5) is 0. The summed E-state index contributed by atoms with van der Waals surface area (Å²) in [7, 11) is 0. The van der Waals surface area contributed by atoms with Crippen molar-refractivity contribution in [1.29, 1.82) is 0 Å². The Balaban J connectivity index is 2.53. The maximum absolute atomic E-state index is 5.77. The van der Waals surface area contributed by atoms with Crippen molar-refractivity contribution < 1.29 is 0 Å². The number of anilines is 1. The number of nitrogens with two attached hydrogens (primary N) is 1. The summed E-state index contributed by atoms with van der Waals surface area (Å²) in [5.74, 6) is 0.589. The van der Waals surface area contributed by atoms with E-state index in [0.717, 1.165) is 11.4 Å². The molecule has 0 fully saturated rings. The van der Waals surface area contributed by atoms with Gasteiger partial charge in [-0.25, -0.2) is 0 Å². The fraction of sp³-hybridized carbons (Fsp3) is 0.111. The van der Waals surface area contributed by atoms with Gasteiger partial charge >= 0.3 is 0 Å². The second kappa shape index (κ2) is 2.90. The van der Waals surface area contributed by atoms with Gasteiger partial charge < -0.3 is 5.73 Å². The van der Waals surface area contributed by atoms with Crippen LogP contribution in [0.1, 0.15) is 5.69 Å². The SMILES string of the molecule is Cc1nnn(-c2ccccc2)c1N. The quantitative estimate of drug-likeness (QED) is 0.705. The zero-order valence-electron chi connectivity index (χ0n) is 7.31. The first kappa shape index (κ1) is 7.79. The summed E-state index contributed by atoms with van der Waals surface area (Å²) in [6.45, 7) is 1.84. The average molecular weight is 174 g/mol. The van der Waals surface area contributed by atoms with E-state index in [4.69, 9.17) is 5.73 Å². The summed E-state index contributed by atoms with van der Waals surface area (Å²) in [5.41, 5.74) is 7.46. The molecule has 0 bridgehead atoms. The molecule has 2 N–H and O–H groups in total. The number of para-hydroxylation sites is 1. The van der Waals surface area contributed by atoms with Crippen LogP contribution in [0.5, 0.6) is 0 Å². The Hall–Kier alpha value is -1.84. The van der Waals surface area contributed by atoms with E-state index in [9.17, 15) is 0 Å². The number of aryl methyl sites for hydroxylation is 1. The molecular formula is C9H10N4. The van der Waals surface area contributed by atoms with Crippen molar-refractivity contribution in [2.75, 3.05) is 5.73 Å². The number of aromatic nitrogens is 3. The van der Waals surface area contributed by atoms with Crippen molar-refractivity contribution in [1.82, 2.24) is 15.0 Å². The topological polar surface area (TPSA) is 56.7 Å². The predicted octanol–water partition coefficient (Wildman–Crippen LogP) is 1.16. The van der Waals surface area contributed by atoms with Gasteiger partial charge in [-0.1, -0.05) is 23.4 Å². The number of nitrogens with zero attached hydrogens (tertiary/aromatic N) is 3. The number of nitrogen functional groups attached to an aromatic ring is 1. The van der Waals surface area contributed by atoms with E-state index in [0.29, 0.717) is 5.82 Å². The van der Waals surface area contributed by atoms with Crippen LogP contribution in [0.4, 0.5) is 5.82 Å². The highest BCUT2D eigenvalue weighted by Crippen LogP contribution is 2.12. The standard InChI is InChI=1S/C9H10N4/c1-7-9(10)13(12-11-7)8-5-3-2-4-6-8/h2-6H,10H2,1H3. The molecule has 0 aliphatic carbocycles. The van der Waals surface area contributed by atoms with Crippen molar-refractivity contribution in [3.63, 3.8) is 0 Å². The number of benzene rings is 1. The van der Waals surface area contributed by atoms with Gasteiger partial charge in [-0.15, -0.1) is 5.10 Å². The van der Waals surface area contributed by atoms with Crippen LogP contribution < -0.4 is 5.73 Å². The van der Waals surface area contributed by atoms with Gasteiger partial charge in [0.25, 0.3) is 0 Å². The summed E-state index contributed by atoms with van der Waals surface area (Å²) in [6, 6.07) is 9.69. The number of rotatable bonds is 1. The molecule has 1 heterocycles. The summed E-state index contributed by atoms with van der Waals surface area (Å²) < 4.78 is 1.62. The minimum Gasteiger partial charge on any atom is -0.382 e. The summed E-state index contributed by atoms with van der Waals surface area (Å²) >= 11 is 0. The number of hydrogen-bond donors (Lipinski definition) is 1. The molecule has 0 aliphatic heterocycles. The third kappa shape index (κ3) is 1.26. The monoisotopic (exact) mass is 174 g/mol. The van der Waals surface area contributed by atoms with E-state index >= 15 is 0 Å². The van der Waals surface area contributed by atoms with Crippen LogP contribution in [0.15, 0.2) is 30.3 Å². The first-order valence-electron chi connectivity index (χ1n) is 4.02. The van der Waals surface area contributed by atoms with Crippen LogP contribution in [0, 0.1) is 6.92 Å². The van der Waals surface area contributed by atoms with Crippen LogP contribution in [0.3, 0.4) is 0 Å². The second-order valence-electron chi connectivity index (χ2n) is 2.81. The Morgan fingerprint density at radius 3 is 2.46 bits per heavy atom. The van der Waals surface area contributed by atoms with Gasteiger partial charge in [0.15, 0.2) is 5.82 Å². The van der Waals surface area contributed by atoms with Crippen molar-refractivity contribution in [2.24, 2.45) is 0 Å². The van der Waals surface area contributed by atoms with Gasteiger partial charge in [0, 0.05) is 0 Å². The van der Waals surface area contributed by atoms with E-state index in [1.165, 1.54) is 0 Å². The zero-order chi connectivity index (χ0) is 9.26. The smallest absolute Gasteiger partial charge is 0.150 e. The highest BCUT2D eigenvalue weighted by atomic mass is 15.4. The van der Waals surface area contributed by atoms with Crippen LogP contribution in [-0.4, -0.2) is 15.0 Å². The van der Waals surface area contributed by atoms with Crippen LogP contribution >= 0.6 is 0 Å². The molecule has 0 saturated heterocycles. The van der Waals surface area contributed by atoms with Crippen molar-refractivity contribution in [2.45, 2.75) is 6.92 Å². The molecule has 0 aliphatic rings. The fourth-order valence-electron chi connectivity index (χ4n) is 1.12. The first-order valence-corrected chi connectivity index (χ1v) is 4.02. The third-order valence-electron chi connectivity index (χ3n) is 1.88. The predicted molar refractivity (Wildman–Crippen MR) is 50.5 cm³/mol. The molecule has 0 saturated carbocycles. The van der Waals surface area contributed by atoms with Gasteiger partial charge in [-0.2, -0.15) is 4.68 Å². The highest BCUT2D eigenvalue weighted by Gasteiger charge is 2.05. The van der Waals surface area contributed by atoms with E-state index in [-0.39, 0.29) is 0 Å². The molecule has 0 radical (unpaired) electrons. The zero-order valence-corrected chi connectivity index (χ0v) is 7.31. The second-order valence-corrected chi connectivity index (χ2v) is 2.81. The fourth-order valence-corrected chi connectivity index (χ4v) is 1.12. The largest absolute Gasteiger partial charge is 0.382 e. The minimum atomic E-state index is 0.589. The molecule has 0 amide bonds. The molecule has 2 aromatic rings. The molecule has 4 nitrogen and oxygen atoms in total. The maximum Gasteiger partial charge on any atom is 0.150 e. The van der Waals surface area contributed by atoms with Crippen molar-refractivity contribution in [3.05, 3.63) is 36.0 Å². The third-order valence-corrected chi connectivity index (χ3v) is 1.88. The summed E-state index contributed by atoms with van der Waals surface area (Å²) in [5, 5.41) is 7.81. The Labute approximate surface area is 76.0 Å². The average Bonchev–Trinajstić information content (AvgIpc) is 2.49. The van der Waals surface area contributed by atoms with Gasteiger partial charge in [0.1, 0.15) is 5.69 Å². The van der Waals surface area contributed by atoms with Gasteiger partial charge in [0.05, 0.1) is 5.69 Å². The first-order chi connectivity index (χ1) is 6.29. The van der Waals surface area contributed by atoms with E-state index in [1.807, 2.05) is 37.3 Å². The van der Waals surface area contributed by atoms with Crippen molar-refractivity contribution in [3.8, 4) is 5.69 Å². The van der Waals surface area contributed by atoms with Crippen molar-refractivity contribution >= 4 is 5.82 Å². The normalized spacial score (nSPS) is 10.2. The molecule has 0 atom stereocenters. The number of hydrogen-bond acceptors (Lipinski definition) is 3. The molecule has 0 spiro atoms. The van der Waals surface area contributed by atoms with E-state index in [1.54, 1.807) is 4.68 Å². The lowest BCUT2D eigenvalue weighted by atomic mass is 10.3. The van der Waals surface area contributed by atoms with Crippen LogP contribution in [-0.2, 0) is 0 Å². The van der Waals surface area contributed by atoms with E-state index in [2.05, 4.69) is 10.3 Å². The molecule has 1 aromatic carbocycles. The molecular weight excluding hydrogens is 164 g/mol. The lowest BCUT2D eigenvalue weighted by Crippen LogP contribution is -2.01. The Bertz CT molecular complexity index is 405. The molecule has 66 valence electrons. The molecule has 13 heavy (non-hydrogen) atoms. The maximum atomic E-state index is 5.77. The lowest BCUT2D eigenvalue weighted by molar-refractivity contribution is 0.806. The van der Waals surface area contributed by atoms with Gasteiger partial charge in [0.2, 0.25) is 0 Å². The molecule has 2 rings (SSSR count). The van der Waals surface area contributed by atoms with Gasteiger partial charge in [-0.3, -0.25) is 0 Å². The Morgan fingerprint density at radius 2 is 1.92 bits per heavy atom. The summed E-state index contributed by atoms with van der Waals surface area (Å²) in [6.07, 6.45) is 0. The minimum absolute atomic E-state index is 0.589. The highest BCUT2D eigenvalue weighted by molar-refractivity contribution is 5.43. The molecule has 4 heteroatoms. The Morgan fingerprint density at radius 1 is 1.23 bits per heavy atom. The molecule has 0 unspecified atom stereocenters. The Kier molecular flexibility index (Phi) is 1.73. The van der Waals surface area contributed by atoms with Crippen LogP contribution in [0.25, 0.3) is 5.69 Å². The van der Waals surface area contributed by atoms with Crippen LogP contribution in [0.2, 0.25) is 0 Å². The van der Waals surface area contributed by atoms with Gasteiger partial charge in [-0.05, 0) is 19.1 Å². The molecule has 1 aromatic heterocycles. The van der Waals surface area contributed by atoms with E-state index < -0.39 is 0 Å². The lowest BCUT2D eigenvalue weighted by Gasteiger charge is -2.00.